The summed E-state index contributed by atoms with van der Waals surface area (Å²) in [6.45, 7) is 7.77. The topological polar surface area (TPSA) is 33.7 Å². The minimum Gasteiger partial charge on any atom is -0.489 e. The van der Waals surface area contributed by atoms with Gasteiger partial charge in [-0.25, -0.2) is 0 Å². The first kappa shape index (κ1) is 13.7. The van der Waals surface area contributed by atoms with Gasteiger partial charge in [-0.1, -0.05) is 19.1 Å². The molecule has 4 heteroatoms. The lowest BCUT2D eigenvalue weighted by molar-refractivity contribution is -0.0463. The van der Waals surface area contributed by atoms with E-state index in [1.54, 1.807) is 0 Å². The number of para-hydroxylation sites is 1. The molecule has 4 nitrogen and oxygen atoms in total. The second-order valence-electron chi connectivity index (χ2n) is 5.52. The van der Waals surface area contributed by atoms with Gasteiger partial charge >= 0.3 is 0 Å². The number of fused-ring (bicyclic) bond motifs is 1. The Morgan fingerprint density at radius 3 is 3.30 bits per heavy atom. The number of benzene rings is 1. The second kappa shape index (κ2) is 6.46. The van der Waals surface area contributed by atoms with Crippen molar-refractivity contribution in [2.75, 3.05) is 44.7 Å². The Morgan fingerprint density at radius 2 is 2.40 bits per heavy atom. The van der Waals surface area contributed by atoms with Crippen LogP contribution in [-0.4, -0.2) is 50.4 Å². The third-order valence-electron chi connectivity index (χ3n) is 4.13. The number of nitrogens with zero attached hydrogens (tertiary/aromatic N) is 1. The van der Waals surface area contributed by atoms with Crippen molar-refractivity contribution in [3.63, 3.8) is 0 Å². The molecule has 2 aliphatic rings. The molecule has 0 radical (unpaired) electrons. The molecule has 2 aliphatic heterocycles. The molecule has 1 aromatic carbocycles. The molecule has 1 N–H and O–H groups in total. The molecule has 2 heterocycles. The third-order valence-corrected chi connectivity index (χ3v) is 4.13. The largest absolute Gasteiger partial charge is 0.489 e. The molecule has 0 saturated carbocycles. The minimum atomic E-state index is 0.183. The summed E-state index contributed by atoms with van der Waals surface area (Å²) >= 11 is 0. The molecule has 1 fully saturated rings. The van der Waals surface area contributed by atoms with Crippen molar-refractivity contribution in [3.8, 4) is 5.75 Å². The first-order chi connectivity index (χ1) is 9.86. The van der Waals surface area contributed by atoms with E-state index in [4.69, 9.17) is 9.47 Å². The fourth-order valence-corrected chi connectivity index (χ4v) is 2.95. The Labute approximate surface area is 121 Å². The highest BCUT2D eigenvalue weighted by Gasteiger charge is 2.21. The summed E-state index contributed by atoms with van der Waals surface area (Å²) in [6, 6.07) is 6.32. The number of hydrogen-bond acceptors (Lipinski definition) is 4. The van der Waals surface area contributed by atoms with E-state index in [1.807, 2.05) is 0 Å². The molecule has 3 rings (SSSR count). The van der Waals surface area contributed by atoms with Crippen LogP contribution in [0.15, 0.2) is 18.2 Å². The van der Waals surface area contributed by atoms with E-state index in [0.717, 1.165) is 45.0 Å². The average molecular weight is 276 g/mol. The van der Waals surface area contributed by atoms with Gasteiger partial charge in [0.1, 0.15) is 18.5 Å². The number of hydrogen-bond donors (Lipinski definition) is 1. The van der Waals surface area contributed by atoms with Crippen LogP contribution in [0.2, 0.25) is 0 Å². The van der Waals surface area contributed by atoms with Gasteiger partial charge in [-0.15, -0.1) is 0 Å². The molecular formula is C16H24N2O2. The summed E-state index contributed by atoms with van der Waals surface area (Å²) in [6.07, 6.45) is 2.53. The molecule has 0 unspecified atom stereocenters. The quantitative estimate of drug-likeness (QED) is 0.913. The molecular weight excluding hydrogens is 252 g/mol. The smallest absolute Gasteiger partial charge is 0.142 e. The molecule has 1 atom stereocenters. The molecule has 0 spiro atoms. The Hall–Kier alpha value is -1.26. The van der Waals surface area contributed by atoms with Crippen LogP contribution < -0.4 is 10.1 Å². The Bertz CT molecular complexity index is 450. The van der Waals surface area contributed by atoms with E-state index in [1.165, 1.54) is 17.7 Å². The fourth-order valence-electron chi connectivity index (χ4n) is 2.95. The number of nitrogens with one attached hydrogen (secondary N) is 1. The zero-order valence-corrected chi connectivity index (χ0v) is 12.2. The zero-order valence-electron chi connectivity index (χ0n) is 12.2. The fraction of sp³-hybridized carbons (Fsp3) is 0.625. The van der Waals surface area contributed by atoms with Crippen molar-refractivity contribution in [2.24, 2.45) is 0 Å². The van der Waals surface area contributed by atoms with Crippen molar-refractivity contribution in [1.82, 2.24) is 4.90 Å². The lowest BCUT2D eigenvalue weighted by atomic mass is 10.0. The third kappa shape index (κ3) is 3.07. The van der Waals surface area contributed by atoms with Crippen molar-refractivity contribution in [3.05, 3.63) is 23.8 Å². The van der Waals surface area contributed by atoms with Crippen molar-refractivity contribution in [2.45, 2.75) is 25.9 Å². The molecule has 1 saturated heterocycles. The molecule has 0 bridgehead atoms. The number of likely N-dealkylation sites (N-methyl/N-ethyl adjacent to an activating group) is 1. The normalized spacial score (nSPS) is 22.9. The molecule has 0 aromatic heterocycles. The van der Waals surface area contributed by atoms with Gasteiger partial charge in [-0.05, 0) is 31.0 Å². The van der Waals surface area contributed by atoms with Crippen molar-refractivity contribution < 1.29 is 9.47 Å². The maximum absolute atomic E-state index is 6.02. The lowest BCUT2D eigenvalue weighted by Gasteiger charge is -2.32. The van der Waals surface area contributed by atoms with Gasteiger partial charge in [0.25, 0.3) is 0 Å². The number of anilines is 1. The van der Waals surface area contributed by atoms with E-state index in [2.05, 4.69) is 35.3 Å². The number of rotatable bonds is 4. The Kier molecular flexibility index (Phi) is 4.43. The Balaban J connectivity index is 1.61. The lowest BCUT2D eigenvalue weighted by Crippen LogP contribution is -2.44. The predicted molar refractivity (Wildman–Crippen MR) is 80.6 cm³/mol. The highest BCUT2D eigenvalue weighted by Crippen LogP contribution is 2.32. The van der Waals surface area contributed by atoms with Crippen molar-refractivity contribution in [1.29, 1.82) is 0 Å². The van der Waals surface area contributed by atoms with E-state index < -0.39 is 0 Å². The standard InChI is InChI=1S/C16H24N2O2/c1-2-18-9-10-19-14(11-18)12-20-15-7-3-5-13-6-4-8-17-16(13)15/h3,5,7,14,17H,2,4,6,8-12H2,1H3/t14-/m0/s1. The monoisotopic (exact) mass is 276 g/mol. The van der Waals surface area contributed by atoms with Crippen LogP contribution in [0.1, 0.15) is 18.9 Å². The van der Waals surface area contributed by atoms with E-state index in [9.17, 15) is 0 Å². The molecule has 0 aliphatic carbocycles. The van der Waals surface area contributed by atoms with E-state index in [0.29, 0.717) is 6.61 Å². The van der Waals surface area contributed by atoms with Gasteiger partial charge in [-0.2, -0.15) is 0 Å². The molecule has 0 amide bonds. The minimum absolute atomic E-state index is 0.183. The van der Waals surface area contributed by atoms with Crippen LogP contribution in [0, 0.1) is 0 Å². The van der Waals surface area contributed by atoms with Crippen LogP contribution in [0.5, 0.6) is 5.75 Å². The van der Waals surface area contributed by atoms with Crippen LogP contribution in [0.3, 0.4) is 0 Å². The van der Waals surface area contributed by atoms with Gasteiger partial charge in [0.05, 0.1) is 12.3 Å². The van der Waals surface area contributed by atoms with Crippen LogP contribution in [0.4, 0.5) is 5.69 Å². The highest BCUT2D eigenvalue weighted by molar-refractivity contribution is 5.63. The zero-order chi connectivity index (χ0) is 13.8. The van der Waals surface area contributed by atoms with E-state index in [-0.39, 0.29) is 6.10 Å². The number of morpholine rings is 1. The summed E-state index contributed by atoms with van der Waals surface area (Å²) in [5.74, 6) is 0.972. The summed E-state index contributed by atoms with van der Waals surface area (Å²) in [5.41, 5.74) is 2.55. The highest BCUT2D eigenvalue weighted by atomic mass is 16.5. The molecule has 20 heavy (non-hydrogen) atoms. The maximum atomic E-state index is 6.02. The van der Waals surface area contributed by atoms with Gasteiger partial charge in [0.2, 0.25) is 0 Å². The van der Waals surface area contributed by atoms with Gasteiger partial charge in [0.15, 0.2) is 0 Å². The first-order valence-corrected chi connectivity index (χ1v) is 7.69. The number of ether oxygens (including phenoxy) is 2. The van der Waals surface area contributed by atoms with Crippen LogP contribution in [0.25, 0.3) is 0 Å². The second-order valence-corrected chi connectivity index (χ2v) is 5.52. The Morgan fingerprint density at radius 1 is 1.45 bits per heavy atom. The first-order valence-electron chi connectivity index (χ1n) is 7.69. The van der Waals surface area contributed by atoms with Crippen molar-refractivity contribution >= 4 is 5.69 Å². The summed E-state index contributed by atoms with van der Waals surface area (Å²) in [5, 5.41) is 3.46. The summed E-state index contributed by atoms with van der Waals surface area (Å²) in [4.78, 5) is 2.41. The molecule has 110 valence electrons. The molecule has 1 aromatic rings. The SMILES string of the molecule is CCN1CCO[C@H](COc2cccc3c2NCCC3)C1. The predicted octanol–water partition coefficient (Wildman–Crippen LogP) is 2.14. The summed E-state index contributed by atoms with van der Waals surface area (Å²) < 4.78 is 11.8. The average Bonchev–Trinajstić information content (AvgIpc) is 2.53. The van der Waals surface area contributed by atoms with Crippen LogP contribution >= 0.6 is 0 Å². The van der Waals surface area contributed by atoms with Gasteiger partial charge < -0.3 is 14.8 Å². The van der Waals surface area contributed by atoms with Gasteiger partial charge in [-0.3, -0.25) is 4.90 Å². The summed E-state index contributed by atoms with van der Waals surface area (Å²) in [7, 11) is 0. The van der Waals surface area contributed by atoms with Crippen LogP contribution in [-0.2, 0) is 11.2 Å². The van der Waals surface area contributed by atoms with E-state index >= 15 is 0 Å². The number of aryl methyl sites for hydroxylation is 1. The maximum Gasteiger partial charge on any atom is 0.142 e. The van der Waals surface area contributed by atoms with Gasteiger partial charge in [0, 0.05) is 19.6 Å².